The molecule has 3 rings (SSSR count). The highest BCUT2D eigenvalue weighted by molar-refractivity contribution is 5.73. The summed E-state index contributed by atoms with van der Waals surface area (Å²) in [5, 5.41) is 73.4. The quantitative estimate of drug-likeness (QED) is 0.162. The molecule has 3 fully saturated rings. The average Bonchev–Trinajstić information content (AvgIpc) is 2.89. The molecule has 13 atom stereocenters. The Morgan fingerprint density at radius 1 is 0.886 bits per heavy atom. The molecule has 0 spiro atoms. The fraction of sp³-hybridized carbons (Fsp3) is 0.952. The molecule has 3 saturated heterocycles. The lowest BCUT2D eigenvalue weighted by molar-refractivity contribution is -0.340. The van der Waals surface area contributed by atoms with Gasteiger partial charge in [-0.15, -0.1) is 0 Å². The normalized spacial score (nSPS) is 47.2. The standard InChI is InChI=1S/C21H37NO13/c1-8-17(29)12(27)3-13(28)20(32-8)33-14-4-11(26)15(5-23)34-21(14)35-19-10(22-9(2)25)7-31-16(6-24)18(19)30/h8,10-21,23-24,26-30H,3-7H2,1-2H3,(H,22,25)/t8?,10?,11-,12?,13?,14?,15?,16?,17-,18-,19?,20+,21+/m1/s1. The minimum atomic E-state index is -1.38. The number of rotatable bonds is 7. The molecule has 0 aromatic carbocycles. The zero-order valence-electron chi connectivity index (χ0n) is 19.6. The summed E-state index contributed by atoms with van der Waals surface area (Å²) in [6.07, 6.45) is -14.5. The predicted molar refractivity (Wildman–Crippen MR) is 114 cm³/mol. The van der Waals surface area contributed by atoms with Crippen molar-refractivity contribution in [3.8, 4) is 0 Å². The second-order valence-corrected chi connectivity index (χ2v) is 9.23. The van der Waals surface area contributed by atoms with E-state index in [0.717, 1.165) is 0 Å². The van der Waals surface area contributed by atoms with E-state index in [1.54, 1.807) is 0 Å². The molecule has 14 heteroatoms. The highest BCUT2D eigenvalue weighted by atomic mass is 16.8. The van der Waals surface area contributed by atoms with E-state index in [9.17, 15) is 40.5 Å². The van der Waals surface area contributed by atoms with Crippen molar-refractivity contribution in [3.63, 3.8) is 0 Å². The summed E-state index contributed by atoms with van der Waals surface area (Å²) in [5.41, 5.74) is 0. The van der Waals surface area contributed by atoms with Crippen LogP contribution in [0.5, 0.6) is 0 Å². The Morgan fingerprint density at radius 3 is 2.20 bits per heavy atom. The van der Waals surface area contributed by atoms with E-state index in [1.807, 2.05) is 0 Å². The van der Waals surface area contributed by atoms with Crippen molar-refractivity contribution in [1.82, 2.24) is 5.32 Å². The highest BCUT2D eigenvalue weighted by Crippen LogP contribution is 2.31. The van der Waals surface area contributed by atoms with E-state index >= 15 is 0 Å². The van der Waals surface area contributed by atoms with Crippen LogP contribution in [0.1, 0.15) is 26.7 Å². The van der Waals surface area contributed by atoms with Crippen molar-refractivity contribution in [3.05, 3.63) is 0 Å². The molecular weight excluding hydrogens is 474 g/mol. The first-order chi connectivity index (χ1) is 16.5. The van der Waals surface area contributed by atoms with Crippen LogP contribution in [0.15, 0.2) is 0 Å². The fourth-order valence-corrected chi connectivity index (χ4v) is 4.49. The molecule has 3 aliphatic rings. The topological polar surface area (TPSA) is 217 Å². The number of hydrogen-bond acceptors (Lipinski definition) is 13. The molecule has 0 aromatic rings. The van der Waals surface area contributed by atoms with Crippen LogP contribution in [-0.4, -0.2) is 141 Å². The number of ether oxygens (including phenoxy) is 5. The molecule has 204 valence electrons. The maximum Gasteiger partial charge on any atom is 0.217 e. The van der Waals surface area contributed by atoms with Crippen molar-refractivity contribution in [2.45, 2.75) is 106 Å². The third-order valence-corrected chi connectivity index (χ3v) is 6.49. The first kappa shape index (κ1) is 28.6. The van der Waals surface area contributed by atoms with E-state index < -0.39 is 98.8 Å². The SMILES string of the molecule is CC(=O)NC1COC(CO)[C@@H](O)C1O[C@@H]1OC(CO)[C@H](O)CC1O[C@@H]1OC(C)[C@@H](O)C(O)CC1O. The second kappa shape index (κ2) is 12.5. The van der Waals surface area contributed by atoms with Gasteiger partial charge in [0.1, 0.15) is 42.7 Å². The first-order valence-electron chi connectivity index (χ1n) is 11.7. The Kier molecular flexibility index (Phi) is 10.2. The number of aliphatic hydroxyl groups is 7. The molecule has 0 radical (unpaired) electrons. The van der Waals surface area contributed by atoms with Crippen molar-refractivity contribution in [2.24, 2.45) is 0 Å². The van der Waals surface area contributed by atoms with Gasteiger partial charge in [-0.05, 0) is 6.92 Å². The summed E-state index contributed by atoms with van der Waals surface area (Å²) in [6.45, 7) is 1.64. The maximum atomic E-state index is 11.7. The minimum absolute atomic E-state index is 0.0748. The Labute approximate surface area is 202 Å². The van der Waals surface area contributed by atoms with Crippen LogP contribution >= 0.6 is 0 Å². The van der Waals surface area contributed by atoms with E-state index in [2.05, 4.69) is 5.32 Å². The summed E-state index contributed by atoms with van der Waals surface area (Å²) in [5.74, 6) is -0.413. The fourth-order valence-electron chi connectivity index (χ4n) is 4.49. The van der Waals surface area contributed by atoms with Crippen molar-refractivity contribution >= 4 is 5.91 Å². The van der Waals surface area contributed by atoms with Gasteiger partial charge < -0.3 is 64.7 Å². The summed E-state index contributed by atoms with van der Waals surface area (Å²) in [7, 11) is 0. The molecule has 3 aliphatic heterocycles. The van der Waals surface area contributed by atoms with Crippen LogP contribution in [0.3, 0.4) is 0 Å². The average molecular weight is 512 g/mol. The molecule has 8 unspecified atom stereocenters. The van der Waals surface area contributed by atoms with Gasteiger partial charge in [0.25, 0.3) is 0 Å². The molecule has 3 heterocycles. The molecule has 35 heavy (non-hydrogen) atoms. The molecule has 0 bridgehead atoms. The minimum Gasteiger partial charge on any atom is -0.394 e. The number of hydrogen-bond donors (Lipinski definition) is 8. The Morgan fingerprint density at radius 2 is 1.57 bits per heavy atom. The molecule has 8 N–H and O–H groups in total. The van der Waals surface area contributed by atoms with Gasteiger partial charge in [0, 0.05) is 19.8 Å². The second-order valence-electron chi connectivity index (χ2n) is 9.23. The van der Waals surface area contributed by atoms with Gasteiger partial charge in [0.2, 0.25) is 5.91 Å². The Balaban J connectivity index is 1.81. The van der Waals surface area contributed by atoms with Gasteiger partial charge in [0.15, 0.2) is 12.6 Å². The summed E-state index contributed by atoms with van der Waals surface area (Å²) < 4.78 is 28.6. The molecule has 14 nitrogen and oxygen atoms in total. The highest BCUT2D eigenvalue weighted by Gasteiger charge is 2.48. The predicted octanol–water partition coefficient (Wildman–Crippen LogP) is -4.30. The largest absolute Gasteiger partial charge is 0.394 e. The van der Waals surface area contributed by atoms with Crippen LogP contribution in [0, 0.1) is 0 Å². The van der Waals surface area contributed by atoms with Crippen LogP contribution < -0.4 is 5.32 Å². The lowest BCUT2D eigenvalue weighted by atomic mass is 9.97. The first-order valence-corrected chi connectivity index (χ1v) is 11.7. The number of carbonyl (C=O) groups is 1. The van der Waals surface area contributed by atoms with E-state index in [-0.39, 0.29) is 19.4 Å². The molecule has 0 aromatic heterocycles. The van der Waals surface area contributed by atoms with Crippen molar-refractivity contribution < 1.29 is 64.2 Å². The van der Waals surface area contributed by atoms with Gasteiger partial charge in [-0.1, -0.05) is 0 Å². The van der Waals surface area contributed by atoms with Gasteiger partial charge in [-0.2, -0.15) is 0 Å². The number of amides is 1. The maximum absolute atomic E-state index is 11.7. The van der Waals surface area contributed by atoms with Gasteiger partial charge in [-0.25, -0.2) is 0 Å². The lowest BCUT2D eigenvalue weighted by Crippen LogP contribution is -2.63. The number of aliphatic hydroxyl groups excluding tert-OH is 7. The van der Waals surface area contributed by atoms with Crippen LogP contribution in [0.25, 0.3) is 0 Å². The van der Waals surface area contributed by atoms with Crippen LogP contribution in [0.2, 0.25) is 0 Å². The third kappa shape index (κ3) is 6.85. The lowest BCUT2D eigenvalue weighted by Gasteiger charge is -2.45. The van der Waals surface area contributed by atoms with Crippen LogP contribution in [0.4, 0.5) is 0 Å². The number of nitrogens with one attached hydrogen (secondary N) is 1. The zero-order valence-corrected chi connectivity index (χ0v) is 19.6. The van der Waals surface area contributed by atoms with E-state index in [1.165, 1.54) is 13.8 Å². The number of carbonyl (C=O) groups excluding carboxylic acids is 1. The summed E-state index contributed by atoms with van der Waals surface area (Å²) in [4.78, 5) is 11.7. The monoisotopic (exact) mass is 511 g/mol. The van der Waals surface area contributed by atoms with Crippen molar-refractivity contribution in [2.75, 3.05) is 19.8 Å². The Hall–Kier alpha value is -1.01. The summed E-state index contributed by atoms with van der Waals surface area (Å²) >= 11 is 0. The Bertz CT molecular complexity index is 686. The molecule has 0 saturated carbocycles. The third-order valence-electron chi connectivity index (χ3n) is 6.49. The van der Waals surface area contributed by atoms with E-state index in [4.69, 9.17) is 23.7 Å². The zero-order chi connectivity index (χ0) is 25.9. The van der Waals surface area contributed by atoms with Crippen molar-refractivity contribution in [1.29, 1.82) is 0 Å². The van der Waals surface area contributed by atoms with Gasteiger partial charge in [-0.3, -0.25) is 4.79 Å². The molecule has 1 amide bonds. The van der Waals surface area contributed by atoms with Crippen LogP contribution in [-0.2, 0) is 28.5 Å². The summed E-state index contributed by atoms with van der Waals surface area (Å²) in [6, 6.07) is -0.820. The molecule has 0 aliphatic carbocycles. The van der Waals surface area contributed by atoms with E-state index in [0.29, 0.717) is 0 Å². The smallest absolute Gasteiger partial charge is 0.217 e. The van der Waals surface area contributed by atoms with Gasteiger partial charge in [0.05, 0.1) is 44.2 Å². The molecular formula is C21H37NO13. The van der Waals surface area contributed by atoms with Gasteiger partial charge >= 0.3 is 0 Å².